The summed E-state index contributed by atoms with van der Waals surface area (Å²) in [6, 6.07) is 24.3. The highest BCUT2D eigenvalue weighted by Gasteiger charge is 2.35. The van der Waals surface area contributed by atoms with E-state index in [2.05, 4.69) is 16.4 Å². The Labute approximate surface area is 233 Å². The lowest BCUT2D eigenvalue weighted by atomic mass is 10.1. The first kappa shape index (κ1) is 27.0. The summed E-state index contributed by atoms with van der Waals surface area (Å²) in [5.74, 6) is -0.500. The van der Waals surface area contributed by atoms with Gasteiger partial charge in [0.25, 0.3) is 0 Å². The summed E-state index contributed by atoms with van der Waals surface area (Å²) in [6.45, 7) is 3.05. The van der Waals surface area contributed by atoms with Gasteiger partial charge in [0, 0.05) is 41.9 Å². The van der Waals surface area contributed by atoms with Crippen molar-refractivity contribution in [3.63, 3.8) is 0 Å². The number of fused-ring (bicyclic) bond motifs is 1. The minimum Gasteiger partial charge on any atom is -0.462 e. The van der Waals surface area contributed by atoms with Crippen LogP contribution in [0.5, 0.6) is 0 Å². The molecule has 0 atom stereocenters. The molecule has 0 saturated heterocycles. The minimum absolute atomic E-state index is 0.00186. The molecule has 1 fully saturated rings. The van der Waals surface area contributed by atoms with Gasteiger partial charge in [0.15, 0.2) is 0 Å². The fraction of sp³-hybridized carbons (Fsp3) is 0.281. The molecule has 8 nitrogen and oxygen atoms in total. The normalized spacial score (nSPS) is 12.6. The molecule has 1 saturated carbocycles. The number of hydrogen-bond donors (Lipinski definition) is 2. The second-order valence-electron chi connectivity index (χ2n) is 10.00. The van der Waals surface area contributed by atoms with E-state index in [-0.39, 0.29) is 24.5 Å². The maximum absolute atomic E-state index is 13.7. The number of amides is 3. The Hall–Kier alpha value is -4.59. The van der Waals surface area contributed by atoms with E-state index in [4.69, 9.17) is 4.74 Å². The molecule has 1 heterocycles. The van der Waals surface area contributed by atoms with Crippen LogP contribution in [0.15, 0.2) is 85.1 Å². The lowest BCUT2D eigenvalue weighted by molar-refractivity contribution is -0.132. The minimum atomic E-state index is -0.406. The third-order valence-corrected chi connectivity index (χ3v) is 7.10. The van der Waals surface area contributed by atoms with Crippen LogP contribution in [0.25, 0.3) is 10.9 Å². The van der Waals surface area contributed by atoms with E-state index in [0.29, 0.717) is 37.4 Å². The average molecular weight is 539 g/mol. The Morgan fingerprint density at radius 3 is 2.40 bits per heavy atom. The zero-order valence-corrected chi connectivity index (χ0v) is 22.6. The molecule has 2 N–H and O–H groups in total. The summed E-state index contributed by atoms with van der Waals surface area (Å²) in [4.78, 5) is 45.7. The van der Waals surface area contributed by atoms with Crippen LogP contribution in [0.4, 0.5) is 10.5 Å². The Balaban J connectivity index is 1.27. The van der Waals surface area contributed by atoms with E-state index in [1.54, 1.807) is 36.1 Å². The molecule has 1 aliphatic rings. The van der Waals surface area contributed by atoms with Gasteiger partial charge in [0.2, 0.25) is 5.91 Å². The standard InChI is InChI=1S/C32H34N4O4/c1-2-40-31(38)24-12-14-26(15-13-24)34-32(39)36(27-16-17-27)22-30(37)35(21-23-8-4-3-5-9-23)19-18-25-20-33-29-11-7-6-10-28(25)29/h3-15,20,27,33H,2,16-19,21-22H2,1H3,(H,34,39). The molecule has 3 amide bonds. The van der Waals surface area contributed by atoms with Crippen LogP contribution in [-0.4, -0.2) is 58.4 Å². The number of esters is 1. The zero-order valence-electron chi connectivity index (χ0n) is 22.6. The van der Waals surface area contributed by atoms with Gasteiger partial charge in [-0.1, -0.05) is 48.5 Å². The van der Waals surface area contributed by atoms with Crippen molar-refractivity contribution in [3.05, 3.63) is 102 Å². The van der Waals surface area contributed by atoms with Crippen molar-refractivity contribution in [1.82, 2.24) is 14.8 Å². The second-order valence-corrected chi connectivity index (χ2v) is 10.00. The Kier molecular flexibility index (Phi) is 8.44. The SMILES string of the molecule is CCOC(=O)c1ccc(NC(=O)N(CC(=O)N(CCc2c[nH]c3ccccc23)Cc2ccccc2)C2CC2)cc1. The summed E-state index contributed by atoms with van der Waals surface area (Å²) < 4.78 is 5.02. The Bertz CT molecular complexity index is 1460. The van der Waals surface area contributed by atoms with E-state index >= 15 is 0 Å². The summed E-state index contributed by atoms with van der Waals surface area (Å²) in [7, 11) is 0. The van der Waals surface area contributed by atoms with Crippen molar-refractivity contribution >= 4 is 34.5 Å². The summed E-state index contributed by atoms with van der Waals surface area (Å²) in [5, 5.41) is 4.05. The van der Waals surface area contributed by atoms with Crippen LogP contribution in [0.2, 0.25) is 0 Å². The van der Waals surface area contributed by atoms with Crippen molar-refractivity contribution < 1.29 is 19.1 Å². The summed E-state index contributed by atoms with van der Waals surface area (Å²) in [6.07, 6.45) is 4.45. The third-order valence-electron chi connectivity index (χ3n) is 7.10. The van der Waals surface area contributed by atoms with Crippen LogP contribution in [0.3, 0.4) is 0 Å². The molecule has 1 aliphatic carbocycles. The molecule has 0 spiro atoms. The monoisotopic (exact) mass is 538 g/mol. The molecule has 0 bridgehead atoms. The number of benzene rings is 3. The largest absolute Gasteiger partial charge is 0.462 e. The first-order valence-electron chi connectivity index (χ1n) is 13.7. The smallest absolute Gasteiger partial charge is 0.338 e. The van der Waals surface area contributed by atoms with Gasteiger partial charge in [-0.15, -0.1) is 0 Å². The Morgan fingerprint density at radius 2 is 1.68 bits per heavy atom. The zero-order chi connectivity index (χ0) is 27.9. The average Bonchev–Trinajstić information content (AvgIpc) is 3.74. The molecule has 0 radical (unpaired) electrons. The molecule has 206 valence electrons. The van der Waals surface area contributed by atoms with Crippen LogP contribution < -0.4 is 5.32 Å². The van der Waals surface area contributed by atoms with Gasteiger partial charge in [-0.25, -0.2) is 9.59 Å². The number of rotatable bonds is 11. The second kappa shape index (κ2) is 12.5. The lowest BCUT2D eigenvalue weighted by Gasteiger charge is -2.28. The van der Waals surface area contributed by atoms with Crippen LogP contribution in [0.1, 0.15) is 41.3 Å². The number of ether oxygens (including phenoxy) is 1. The number of aromatic amines is 1. The third kappa shape index (κ3) is 6.69. The van der Waals surface area contributed by atoms with Gasteiger partial charge in [0.05, 0.1) is 12.2 Å². The number of para-hydroxylation sites is 1. The van der Waals surface area contributed by atoms with Crippen LogP contribution in [-0.2, 0) is 22.5 Å². The summed E-state index contributed by atoms with van der Waals surface area (Å²) in [5.41, 5.74) is 4.24. The molecule has 3 aromatic carbocycles. The number of aromatic nitrogens is 1. The topological polar surface area (TPSA) is 94.7 Å². The van der Waals surface area contributed by atoms with Crippen LogP contribution in [0, 0.1) is 0 Å². The quantitative estimate of drug-likeness (QED) is 0.243. The number of hydrogen-bond acceptors (Lipinski definition) is 4. The van der Waals surface area contributed by atoms with E-state index in [9.17, 15) is 14.4 Å². The summed E-state index contributed by atoms with van der Waals surface area (Å²) >= 11 is 0. The van der Waals surface area contributed by atoms with Gasteiger partial charge >= 0.3 is 12.0 Å². The van der Waals surface area contributed by atoms with E-state index < -0.39 is 5.97 Å². The molecule has 1 aromatic heterocycles. The van der Waals surface area contributed by atoms with Crippen molar-refractivity contribution in [2.45, 2.75) is 38.8 Å². The highest BCUT2D eigenvalue weighted by atomic mass is 16.5. The van der Waals surface area contributed by atoms with Gasteiger partial charge in [-0.05, 0) is 67.6 Å². The highest BCUT2D eigenvalue weighted by Crippen LogP contribution is 2.28. The van der Waals surface area contributed by atoms with Gasteiger partial charge < -0.3 is 24.8 Å². The molecular weight excluding hydrogens is 504 g/mol. The number of nitrogens with one attached hydrogen (secondary N) is 2. The van der Waals surface area contributed by atoms with Gasteiger partial charge in [-0.2, -0.15) is 0 Å². The van der Waals surface area contributed by atoms with Crippen molar-refractivity contribution in [3.8, 4) is 0 Å². The number of carbonyl (C=O) groups excluding carboxylic acids is 3. The molecular formula is C32H34N4O4. The number of H-pyrrole nitrogens is 1. The first-order valence-corrected chi connectivity index (χ1v) is 13.7. The van der Waals surface area contributed by atoms with Gasteiger partial charge in [0.1, 0.15) is 6.54 Å². The van der Waals surface area contributed by atoms with Crippen molar-refractivity contribution in [2.75, 3.05) is 25.0 Å². The molecule has 0 aliphatic heterocycles. The number of carbonyl (C=O) groups is 3. The van der Waals surface area contributed by atoms with Crippen molar-refractivity contribution in [2.24, 2.45) is 0 Å². The fourth-order valence-electron chi connectivity index (χ4n) is 4.79. The van der Waals surface area contributed by atoms with E-state index in [0.717, 1.165) is 34.9 Å². The molecule has 8 heteroatoms. The molecule has 40 heavy (non-hydrogen) atoms. The van der Waals surface area contributed by atoms with Crippen molar-refractivity contribution in [1.29, 1.82) is 0 Å². The van der Waals surface area contributed by atoms with Crippen LogP contribution >= 0.6 is 0 Å². The predicted molar refractivity (Wildman–Crippen MR) is 155 cm³/mol. The lowest BCUT2D eigenvalue weighted by Crippen LogP contribution is -2.45. The van der Waals surface area contributed by atoms with E-state index in [1.165, 1.54) is 0 Å². The maximum atomic E-state index is 13.7. The van der Waals surface area contributed by atoms with Gasteiger partial charge in [-0.3, -0.25) is 4.79 Å². The molecule has 5 rings (SSSR count). The first-order chi connectivity index (χ1) is 19.5. The fourth-order valence-corrected chi connectivity index (χ4v) is 4.79. The number of anilines is 1. The highest BCUT2D eigenvalue weighted by molar-refractivity contribution is 5.94. The van der Waals surface area contributed by atoms with E-state index in [1.807, 2.05) is 59.6 Å². The maximum Gasteiger partial charge on any atom is 0.338 e. The molecule has 0 unspecified atom stereocenters. The predicted octanol–water partition coefficient (Wildman–Crippen LogP) is 5.61. The number of urea groups is 1. The Morgan fingerprint density at radius 1 is 0.950 bits per heavy atom. The number of nitrogens with zero attached hydrogens (tertiary/aromatic N) is 2. The molecule has 4 aromatic rings.